The van der Waals surface area contributed by atoms with Crippen LogP contribution < -0.4 is 0 Å². The van der Waals surface area contributed by atoms with Gasteiger partial charge in [-0.1, -0.05) is 84.4 Å². The van der Waals surface area contributed by atoms with E-state index in [-0.39, 0.29) is 23.1 Å². The topological polar surface area (TPSA) is 84.2 Å². The second-order valence-electron chi connectivity index (χ2n) is 11.1. The van der Waals surface area contributed by atoms with Crippen LogP contribution in [0.2, 0.25) is 10.0 Å². The summed E-state index contributed by atoms with van der Waals surface area (Å²) in [5, 5.41) is 10.9. The molecule has 8 nitrogen and oxygen atoms in total. The predicted molar refractivity (Wildman–Crippen MR) is 177 cm³/mol. The quantitative estimate of drug-likeness (QED) is 0.179. The highest BCUT2D eigenvalue weighted by molar-refractivity contribution is 8.00. The monoisotopic (exact) mass is 646 g/mol. The molecule has 1 aliphatic rings. The molecule has 1 fully saturated rings. The molecule has 226 valence electrons. The number of fused-ring (bicyclic) bond motifs is 3. The van der Waals surface area contributed by atoms with E-state index >= 15 is 0 Å². The van der Waals surface area contributed by atoms with Gasteiger partial charge in [0, 0.05) is 42.6 Å². The Morgan fingerprint density at radius 1 is 1.02 bits per heavy atom. The Bertz CT molecular complexity index is 1880. The predicted octanol–water partition coefficient (Wildman–Crippen LogP) is 6.89. The number of carbonyl (C=O) groups is 2. The highest BCUT2D eigenvalue weighted by Gasteiger charge is 2.34. The molecule has 11 heteroatoms. The van der Waals surface area contributed by atoms with Crippen LogP contribution >= 0.6 is 35.0 Å². The molecule has 2 unspecified atom stereocenters. The van der Waals surface area contributed by atoms with E-state index in [9.17, 15) is 9.59 Å². The van der Waals surface area contributed by atoms with Gasteiger partial charge in [-0.05, 0) is 55.7 Å². The van der Waals surface area contributed by atoms with Crippen LogP contribution in [-0.2, 0) is 11.3 Å². The second kappa shape index (κ2) is 12.8. The number of aromatic nitrogens is 4. The van der Waals surface area contributed by atoms with Gasteiger partial charge in [0.25, 0.3) is 5.91 Å². The lowest BCUT2D eigenvalue weighted by Crippen LogP contribution is -2.56. The Labute approximate surface area is 270 Å². The van der Waals surface area contributed by atoms with Crippen molar-refractivity contribution in [3.8, 4) is 0 Å². The minimum atomic E-state index is -0.386. The zero-order valence-corrected chi connectivity index (χ0v) is 27.0. The van der Waals surface area contributed by atoms with Gasteiger partial charge < -0.3 is 14.4 Å². The number of piperazine rings is 1. The van der Waals surface area contributed by atoms with Crippen LogP contribution in [0.3, 0.4) is 0 Å². The summed E-state index contributed by atoms with van der Waals surface area (Å²) in [4.78, 5) is 35.6. The van der Waals surface area contributed by atoms with Crippen LogP contribution in [0.25, 0.3) is 22.1 Å². The first kappa shape index (κ1) is 30.4. The summed E-state index contributed by atoms with van der Waals surface area (Å²) >= 11 is 13.7. The Morgan fingerprint density at radius 2 is 1.80 bits per heavy atom. The molecular formula is C33H32Cl2N6O2S. The number of para-hydroxylation sites is 1. The van der Waals surface area contributed by atoms with Crippen LogP contribution in [0.5, 0.6) is 0 Å². The van der Waals surface area contributed by atoms with E-state index in [2.05, 4.69) is 39.9 Å². The lowest BCUT2D eigenvalue weighted by atomic mass is 10.1. The van der Waals surface area contributed by atoms with E-state index in [0.717, 1.165) is 22.1 Å². The van der Waals surface area contributed by atoms with Crippen LogP contribution in [-0.4, -0.2) is 72.3 Å². The average molecular weight is 648 g/mol. The third-order valence-electron chi connectivity index (χ3n) is 8.20. The Morgan fingerprint density at radius 3 is 2.55 bits per heavy atom. The van der Waals surface area contributed by atoms with E-state index < -0.39 is 0 Å². The van der Waals surface area contributed by atoms with Gasteiger partial charge in [-0.2, -0.15) is 0 Å². The van der Waals surface area contributed by atoms with Gasteiger partial charge in [0.1, 0.15) is 5.52 Å². The average Bonchev–Trinajstić information content (AvgIpc) is 3.33. The fourth-order valence-electron chi connectivity index (χ4n) is 5.77. The first-order chi connectivity index (χ1) is 21.2. The summed E-state index contributed by atoms with van der Waals surface area (Å²) in [7, 11) is 0. The summed E-state index contributed by atoms with van der Waals surface area (Å²) in [5.74, 6) is -0.160. The van der Waals surface area contributed by atoms with Crippen LogP contribution in [0.15, 0.2) is 71.9 Å². The van der Waals surface area contributed by atoms with Crippen molar-refractivity contribution in [1.29, 1.82) is 0 Å². The van der Waals surface area contributed by atoms with Gasteiger partial charge in [0.15, 0.2) is 5.65 Å². The van der Waals surface area contributed by atoms with Crippen LogP contribution in [0.1, 0.15) is 41.8 Å². The molecule has 6 rings (SSSR count). The standard InChI is InChI=1S/C33H32Cl2N6O2S/c1-4-28(32(43)39-15-16-40(21(3)18-39)31(42)24-14-13-23(34)17-26(24)35)44-33-36-30-29(37-38-33)25-11-7-8-12-27(25)41(30)19-22-10-6-5-9-20(22)2/h5-14,17,21,28H,4,15-16,18-19H2,1-3H3. The Kier molecular flexibility index (Phi) is 8.80. The smallest absolute Gasteiger partial charge is 0.255 e. The number of thioether (sulfide) groups is 1. The highest BCUT2D eigenvalue weighted by Crippen LogP contribution is 2.31. The molecular weight excluding hydrogens is 615 g/mol. The van der Waals surface area contributed by atoms with E-state index in [0.29, 0.717) is 53.4 Å². The maximum absolute atomic E-state index is 13.8. The molecule has 0 saturated carbocycles. The van der Waals surface area contributed by atoms with Crippen molar-refractivity contribution in [2.75, 3.05) is 19.6 Å². The van der Waals surface area contributed by atoms with E-state index in [1.807, 2.05) is 49.1 Å². The van der Waals surface area contributed by atoms with Gasteiger partial charge in [0.2, 0.25) is 11.1 Å². The number of hydrogen-bond acceptors (Lipinski definition) is 6. The molecule has 1 aliphatic heterocycles. The van der Waals surface area contributed by atoms with E-state index in [4.69, 9.17) is 28.2 Å². The highest BCUT2D eigenvalue weighted by atomic mass is 35.5. The van der Waals surface area contributed by atoms with E-state index in [1.54, 1.807) is 23.1 Å². The summed E-state index contributed by atoms with van der Waals surface area (Å²) in [6.07, 6.45) is 0.602. The van der Waals surface area contributed by atoms with Gasteiger partial charge in [0.05, 0.1) is 21.4 Å². The molecule has 2 atom stereocenters. The number of aryl methyl sites for hydroxylation is 1. The third-order valence-corrected chi connectivity index (χ3v) is 9.95. The number of halogens is 2. The number of carbonyl (C=O) groups excluding carboxylic acids is 2. The first-order valence-electron chi connectivity index (χ1n) is 14.6. The maximum atomic E-state index is 13.8. The van der Waals surface area contributed by atoms with Crippen molar-refractivity contribution in [3.05, 3.63) is 93.5 Å². The molecule has 0 aliphatic carbocycles. The normalized spacial score (nSPS) is 16.1. The molecule has 5 aromatic rings. The molecule has 3 aromatic carbocycles. The van der Waals surface area contributed by atoms with Crippen LogP contribution in [0, 0.1) is 6.92 Å². The molecule has 3 heterocycles. The van der Waals surface area contributed by atoms with Crippen molar-refractivity contribution in [1.82, 2.24) is 29.5 Å². The van der Waals surface area contributed by atoms with Crippen molar-refractivity contribution in [2.24, 2.45) is 0 Å². The van der Waals surface area contributed by atoms with Gasteiger partial charge in [-0.15, -0.1) is 10.2 Å². The molecule has 2 amide bonds. The van der Waals surface area contributed by atoms with Crippen molar-refractivity contribution >= 4 is 68.8 Å². The number of rotatable bonds is 7. The second-order valence-corrected chi connectivity index (χ2v) is 13.1. The van der Waals surface area contributed by atoms with Crippen molar-refractivity contribution < 1.29 is 9.59 Å². The molecule has 2 aromatic heterocycles. The number of hydrogen-bond donors (Lipinski definition) is 0. The zero-order valence-electron chi connectivity index (χ0n) is 24.7. The molecule has 0 spiro atoms. The summed E-state index contributed by atoms with van der Waals surface area (Å²) in [6, 6.07) is 21.2. The van der Waals surface area contributed by atoms with E-state index in [1.165, 1.54) is 22.9 Å². The summed E-state index contributed by atoms with van der Waals surface area (Å²) < 4.78 is 2.18. The Hall–Kier alpha value is -3.66. The lowest BCUT2D eigenvalue weighted by Gasteiger charge is -2.41. The Balaban J connectivity index is 1.21. The molecule has 44 heavy (non-hydrogen) atoms. The van der Waals surface area contributed by atoms with Crippen molar-refractivity contribution in [3.63, 3.8) is 0 Å². The maximum Gasteiger partial charge on any atom is 0.255 e. The first-order valence-corrected chi connectivity index (χ1v) is 16.3. The SMILES string of the molecule is CCC(Sc1nnc2c3ccccc3n(Cc3ccccc3C)c2n1)C(=O)N1CCN(C(=O)c2ccc(Cl)cc2Cl)C(C)C1. The van der Waals surface area contributed by atoms with Gasteiger partial charge in [-0.3, -0.25) is 9.59 Å². The van der Waals surface area contributed by atoms with Crippen molar-refractivity contribution in [2.45, 2.75) is 50.2 Å². The third kappa shape index (κ3) is 5.88. The van der Waals surface area contributed by atoms with Gasteiger partial charge in [-0.25, -0.2) is 4.98 Å². The fourth-order valence-corrected chi connectivity index (χ4v) is 7.16. The molecule has 0 radical (unpaired) electrons. The molecule has 0 N–H and O–H groups in total. The fraction of sp³-hybridized carbons (Fsp3) is 0.303. The number of nitrogens with zero attached hydrogens (tertiary/aromatic N) is 6. The van der Waals surface area contributed by atoms with Gasteiger partial charge >= 0.3 is 0 Å². The molecule has 1 saturated heterocycles. The van der Waals surface area contributed by atoms with Crippen LogP contribution in [0.4, 0.5) is 0 Å². The number of amides is 2. The minimum Gasteiger partial charge on any atom is -0.338 e. The minimum absolute atomic E-state index is 0.00475. The summed E-state index contributed by atoms with van der Waals surface area (Å²) in [5.41, 5.74) is 5.35. The number of benzene rings is 3. The largest absolute Gasteiger partial charge is 0.338 e. The zero-order chi connectivity index (χ0) is 31.0. The lowest BCUT2D eigenvalue weighted by molar-refractivity contribution is -0.133. The molecule has 0 bridgehead atoms. The summed E-state index contributed by atoms with van der Waals surface area (Å²) in [6.45, 7) is 7.97.